The third-order valence-electron chi connectivity index (χ3n) is 4.92. The first-order valence-electron chi connectivity index (χ1n) is 11.2. The van der Waals surface area contributed by atoms with E-state index in [1.165, 1.54) is 0 Å². The molecule has 0 saturated heterocycles. The average Bonchev–Trinajstić information content (AvgIpc) is 2.65. The summed E-state index contributed by atoms with van der Waals surface area (Å²) < 4.78 is 11.5. The number of benzene rings is 1. The zero-order valence-corrected chi connectivity index (χ0v) is 20.3. The largest absolute Gasteiger partial charge is 0.458 e. The van der Waals surface area contributed by atoms with Crippen molar-refractivity contribution in [2.45, 2.75) is 92.3 Å². The van der Waals surface area contributed by atoms with Crippen LogP contribution in [0.1, 0.15) is 67.4 Å². The zero-order valence-electron chi connectivity index (χ0n) is 20.3. The van der Waals surface area contributed by atoms with E-state index < -0.39 is 41.6 Å². The summed E-state index contributed by atoms with van der Waals surface area (Å²) in [6.45, 7) is 15.2. The van der Waals surface area contributed by atoms with E-state index in [0.29, 0.717) is 13.0 Å². The summed E-state index contributed by atoms with van der Waals surface area (Å²) in [4.78, 5) is 25.5. The van der Waals surface area contributed by atoms with E-state index in [-0.39, 0.29) is 11.8 Å². The van der Waals surface area contributed by atoms with E-state index in [9.17, 15) is 14.7 Å². The number of rotatable bonds is 11. The van der Waals surface area contributed by atoms with Gasteiger partial charge in [0.1, 0.15) is 11.6 Å². The minimum absolute atomic E-state index is 0.00581. The van der Waals surface area contributed by atoms with Crippen molar-refractivity contribution in [2.75, 3.05) is 0 Å². The Kier molecular flexibility index (Phi) is 10.7. The zero-order chi connectivity index (χ0) is 23.8. The maximum Gasteiger partial charge on any atom is 0.329 e. The van der Waals surface area contributed by atoms with Gasteiger partial charge in [0.15, 0.2) is 0 Å². The monoisotopic (exact) mass is 435 g/mol. The van der Waals surface area contributed by atoms with Crippen LogP contribution in [-0.4, -0.2) is 40.8 Å². The summed E-state index contributed by atoms with van der Waals surface area (Å²) in [5.74, 6) is -1.41. The van der Waals surface area contributed by atoms with Gasteiger partial charge in [0.2, 0.25) is 5.91 Å². The van der Waals surface area contributed by atoms with Crippen molar-refractivity contribution in [2.24, 2.45) is 17.8 Å². The highest BCUT2D eigenvalue weighted by molar-refractivity contribution is 5.86. The Morgan fingerprint density at radius 2 is 1.61 bits per heavy atom. The van der Waals surface area contributed by atoms with Gasteiger partial charge in [-0.05, 0) is 44.6 Å². The average molecular weight is 436 g/mol. The molecule has 1 amide bonds. The summed E-state index contributed by atoms with van der Waals surface area (Å²) in [7, 11) is 0. The van der Waals surface area contributed by atoms with Crippen LogP contribution in [-0.2, 0) is 25.7 Å². The molecule has 0 spiro atoms. The molecule has 0 bridgehead atoms. The van der Waals surface area contributed by atoms with Gasteiger partial charge in [-0.15, -0.1) is 0 Å². The third-order valence-corrected chi connectivity index (χ3v) is 4.92. The molecule has 0 aliphatic carbocycles. The fourth-order valence-corrected chi connectivity index (χ4v) is 3.25. The lowest BCUT2D eigenvalue weighted by atomic mass is 9.91. The molecule has 0 radical (unpaired) electrons. The van der Waals surface area contributed by atoms with Gasteiger partial charge in [-0.2, -0.15) is 0 Å². The van der Waals surface area contributed by atoms with Crippen molar-refractivity contribution in [3.63, 3.8) is 0 Å². The smallest absolute Gasteiger partial charge is 0.329 e. The lowest BCUT2D eigenvalue weighted by Gasteiger charge is -2.31. The molecule has 1 aromatic rings. The van der Waals surface area contributed by atoms with E-state index in [4.69, 9.17) is 9.47 Å². The van der Waals surface area contributed by atoms with Crippen molar-refractivity contribution in [1.29, 1.82) is 0 Å². The first kappa shape index (κ1) is 27.1. The molecule has 176 valence electrons. The molecule has 0 saturated carbocycles. The maximum atomic E-state index is 12.9. The Morgan fingerprint density at radius 1 is 1.03 bits per heavy atom. The van der Waals surface area contributed by atoms with Gasteiger partial charge in [0, 0.05) is 0 Å². The van der Waals surface area contributed by atoms with Crippen LogP contribution in [0.3, 0.4) is 0 Å². The Hall–Kier alpha value is -1.92. The molecular formula is C25H41NO5. The molecular weight excluding hydrogens is 394 g/mol. The first-order valence-corrected chi connectivity index (χ1v) is 11.2. The molecule has 0 heterocycles. The Balaban J connectivity index is 2.83. The molecule has 6 heteroatoms. The number of nitrogens with one attached hydrogen (secondary N) is 1. The molecule has 1 rings (SSSR count). The number of amides is 1. The lowest BCUT2D eigenvalue weighted by molar-refractivity contribution is -0.160. The van der Waals surface area contributed by atoms with E-state index in [0.717, 1.165) is 5.56 Å². The SMILES string of the molecule is CC(C)C[C@H](NC(=O)C(C)C(O)[C@@H](OCc1ccccc1)C(C)C)C(=O)OC(C)(C)C. The lowest BCUT2D eigenvalue weighted by Crippen LogP contribution is -2.50. The van der Waals surface area contributed by atoms with Crippen LogP contribution in [0.5, 0.6) is 0 Å². The second-order valence-electron chi connectivity index (χ2n) is 10.0. The number of hydrogen-bond acceptors (Lipinski definition) is 5. The predicted octanol–water partition coefficient (Wildman–Crippen LogP) is 4.10. The highest BCUT2D eigenvalue weighted by Crippen LogP contribution is 2.21. The van der Waals surface area contributed by atoms with Crippen LogP contribution < -0.4 is 5.32 Å². The number of aliphatic hydroxyl groups is 1. The first-order chi connectivity index (χ1) is 14.3. The van der Waals surface area contributed by atoms with Crippen LogP contribution in [0, 0.1) is 17.8 Å². The van der Waals surface area contributed by atoms with Crippen molar-refractivity contribution in [3.05, 3.63) is 35.9 Å². The van der Waals surface area contributed by atoms with Crippen LogP contribution in [0.15, 0.2) is 30.3 Å². The second kappa shape index (κ2) is 12.2. The van der Waals surface area contributed by atoms with Crippen LogP contribution in [0.4, 0.5) is 0 Å². The van der Waals surface area contributed by atoms with Crippen molar-refractivity contribution in [3.8, 4) is 0 Å². The molecule has 0 aromatic heterocycles. The molecule has 0 aliphatic rings. The molecule has 2 N–H and O–H groups in total. The van der Waals surface area contributed by atoms with Crippen LogP contribution in [0.25, 0.3) is 0 Å². The number of hydrogen-bond donors (Lipinski definition) is 2. The molecule has 0 aliphatic heterocycles. The molecule has 31 heavy (non-hydrogen) atoms. The van der Waals surface area contributed by atoms with Crippen molar-refractivity contribution < 1.29 is 24.2 Å². The van der Waals surface area contributed by atoms with Gasteiger partial charge in [-0.1, -0.05) is 65.0 Å². The standard InChI is InChI=1S/C25H41NO5/c1-16(2)14-20(24(29)31-25(6,7)8)26-23(28)18(5)21(27)22(17(3)4)30-15-19-12-10-9-11-13-19/h9-13,16-18,20-22,27H,14-15H2,1-8H3,(H,26,28)/t18?,20-,21?,22-/m0/s1. The number of carbonyl (C=O) groups excluding carboxylic acids is 2. The number of carbonyl (C=O) groups is 2. The van der Waals surface area contributed by atoms with Gasteiger partial charge in [-0.3, -0.25) is 4.79 Å². The Morgan fingerprint density at radius 3 is 2.10 bits per heavy atom. The topological polar surface area (TPSA) is 84.9 Å². The number of ether oxygens (including phenoxy) is 2. The number of aliphatic hydroxyl groups excluding tert-OH is 1. The number of esters is 1. The third kappa shape index (κ3) is 9.83. The van der Waals surface area contributed by atoms with E-state index in [1.54, 1.807) is 27.7 Å². The fraction of sp³-hybridized carbons (Fsp3) is 0.680. The van der Waals surface area contributed by atoms with Crippen LogP contribution >= 0.6 is 0 Å². The van der Waals surface area contributed by atoms with E-state index >= 15 is 0 Å². The van der Waals surface area contributed by atoms with Crippen molar-refractivity contribution in [1.82, 2.24) is 5.32 Å². The normalized spacial score (nSPS) is 16.0. The summed E-state index contributed by atoms with van der Waals surface area (Å²) in [5, 5.41) is 13.7. The summed E-state index contributed by atoms with van der Waals surface area (Å²) >= 11 is 0. The highest BCUT2D eigenvalue weighted by Gasteiger charge is 2.35. The Labute approximate surface area is 187 Å². The summed E-state index contributed by atoms with van der Waals surface area (Å²) in [6.07, 6.45) is -1.07. The molecule has 4 atom stereocenters. The summed E-state index contributed by atoms with van der Waals surface area (Å²) in [6, 6.07) is 8.95. The quantitative estimate of drug-likeness (QED) is 0.511. The van der Waals surface area contributed by atoms with Gasteiger partial charge in [-0.25, -0.2) is 4.79 Å². The highest BCUT2D eigenvalue weighted by atomic mass is 16.6. The van der Waals surface area contributed by atoms with Gasteiger partial charge >= 0.3 is 5.97 Å². The molecule has 6 nitrogen and oxygen atoms in total. The second-order valence-corrected chi connectivity index (χ2v) is 10.0. The minimum Gasteiger partial charge on any atom is -0.458 e. The van der Waals surface area contributed by atoms with Gasteiger partial charge in [0.25, 0.3) is 0 Å². The van der Waals surface area contributed by atoms with Gasteiger partial charge in [0.05, 0.1) is 24.7 Å². The molecule has 1 aromatic carbocycles. The van der Waals surface area contributed by atoms with Gasteiger partial charge < -0.3 is 19.9 Å². The fourth-order valence-electron chi connectivity index (χ4n) is 3.25. The van der Waals surface area contributed by atoms with Crippen molar-refractivity contribution >= 4 is 11.9 Å². The minimum atomic E-state index is -1.01. The van der Waals surface area contributed by atoms with Crippen LogP contribution in [0.2, 0.25) is 0 Å². The predicted molar refractivity (Wildman–Crippen MR) is 122 cm³/mol. The maximum absolute atomic E-state index is 12.9. The van der Waals surface area contributed by atoms with E-state index in [1.807, 2.05) is 58.0 Å². The Bertz CT molecular complexity index is 681. The summed E-state index contributed by atoms with van der Waals surface area (Å²) in [5.41, 5.74) is 0.357. The van der Waals surface area contributed by atoms with E-state index in [2.05, 4.69) is 5.32 Å². The molecule has 2 unspecified atom stereocenters. The molecule has 0 fully saturated rings.